The highest BCUT2D eigenvalue weighted by Crippen LogP contribution is 2.15. The van der Waals surface area contributed by atoms with E-state index in [1.807, 2.05) is 0 Å². The maximum Gasteiger partial charge on any atom is 0.163 e. The number of hydrogen-bond acceptors (Lipinski definition) is 8. The van der Waals surface area contributed by atoms with E-state index in [0.29, 0.717) is 29.1 Å². The summed E-state index contributed by atoms with van der Waals surface area (Å²) in [6.07, 6.45) is 4.77. The van der Waals surface area contributed by atoms with Crippen LogP contribution in [-0.4, -0.2) is 53.1 Å². The fourth-order valence-electron chi connectivity index (χ4n) is 1.88. The molecule has 0 bridgehead atoms. The van der Waals surface area contributed by atoms with Crippen molar-refractivity contribution in [3.63, 3.8) is 0 Å². The summed E-state index contributed by atoms with van der Waals surface area (Å²) in [4.78, 5) is 8.09. The van der Waals surface area contributed by atoms with Crippen LogP contribution in [0.2, 0.25) is 0 Å². The zero-order chi connectivity index (χ0) is 14.7. The highest BCUT2D eigenvalue weighted by atomic mass is 16.5. The van der Waals surface area contributed by atoms with E-state index in [2.05, 4.69) is 25.4 Å². The number of aliphatic hydroxyl groups excluding tert-OH is 1. The first-order valence-corrected chi connectivity index (χ1v) is 6.27. The minimum Gasteiger partial charge on any atom is -0.394 e. The lowest BCUT2D eigenvalue weighted by molar-refractivity contribution is 0.0409. The molecule has 0 saturated heterocycles. The third-order valence-electron chi connectivity index (χ3n) is 2.82. The molecule has 0 radical (unpaired) electrons. The van der Waals surface area contributed by atoms with Crippen molar-refractivity contribution in [2.24, 2.45) is 0 Å². The SMILES string of the molecule is Nc1ncnc2c1cnn2Cc1cn(COCCO)nn1. The van der Waals surface area contributed by atoms with Crippen molar-refractivity contribution in [3.8, 4) is 0 Å². The molecule has 110 valence electrons. The molecule has 3 aromatic rings. The van der Waals surface area contributed by atoms with Crippen molar-refractivity contribution in [2.75, 3.05) is 18.9 Å². The molecule has 0 aliphatic carbocycles. The van der Waals surface area contributed by atoms with E-state index in [-0.39, 0.29) is 19.9 Å². The molecule has 0 unspecified atom stereocenters. The van der Waals surface area contributed by atoms with E-state index in [1.54, 1.807) is 21.8 Å². The summed E-state index contributed by atoms with van der Waals surface area (Å²) in [7, 11) is 0. The van der Waals surface area contributed by atoms with Gasteiger partial charge in [0.2, 0.25) is 0 Å². The monoisotopic (exact) mass is 290 g/mol. The molecule has 0 saturated carbocycles. The lowest BCUT2D eigenvalue weighted by Crippen LogP contribution is -2.06. The Hall–Kier alpha value is -2.59. The summed E-state index contributed by atoms with van der Waals surface area (Å²) in [5, 5.41) is 21.5. The Morgan fingerprint density at radius 2 is 2.24 bits per heavy atom. The van der Waals surface area contributed by atoms with Gasteiger partial charge in [-0.15, -0.1) is 5.10 Å². The molecule has 21 heavy (non-hydrogen) atoms. The van der Waals surface area contributed by atoms with Gasteiger partial charge in [0.25, 0.3) is 0 Å². The number of anilines is 1. The summed E-state index contributed by atoms with van der Waals surface area (Å²) in [5.41, 5.74) is 7.12. The Morgan fingerprint density at radius 1 is 1.33 bits per heavy atom. The number of rotatable bonds is 6. The van der Waals surface area contributed by atoms with Gasteiger partial charge in [-0.25, -0.2) is 19.3 Å². The molecule has 10 heteroatoms. The van der Waals surface area contributed by atoms with Gasteiger partial charge in [-0.05, 0) is 0 Å². The largest absolute Gasteiger partial charge is 0.394 e. The summed E-state index contributed by atoms with van der Waals surface area (Å²) in [6, 6.07) is 0. The van der Waals surface area contributed by atoms with Crippen LogP contribution < -0.4 is 5.73 Å². The van der Waals surface area contributed by atoms with Gasteiger partial charge in [0, 0.05) is 0 Å². The van der Waals surface area contributed by atoms with Crippen LogP contribution in [0.4, 0.5) is 5.82 Å². The van der Waals surface area contributed by atoms with E-state index < -0.39 is 0 Å². The van der Waals surface area contributed by atoms with Crippen molar-refractivity contribution in [1.29, 1.82) is 0 Å². The molecule has 0 fully saturated rings. The van der Waals surface area contributed by atoms with Crippen molar-refractivity contribution >= 4 is 16.9 Å². The van der Waals surface area contributed by atoms with Crippen LogP contribution in [0.5, 0.6) is 0 Å². The van der Waals surface area contributed by atoms with Crippen LogP contribution >= 0.6 is 0 Å². The Bertz CT molecular complexity index is 737. The number of aliphatic hydroxyl groups is 1. The third-order valence-corrected chi connectivity index (χ3v) is 2.82. The topological polar surface area (TPSA) is 130 Å². The van der Waals surface area contributed by atoms with Gasteiger partial charge in [-0.1, -0.05) is 5.21 Å². The van der Waals surface area contributed by atoms with E-state index in [1.165, 1.54) is 6.33 Å². The maximum absolute atomic E-state index is 8.64. The van der Waals surface area contributed by atoms with Crippen LogP contribution in [0.1, 0.15) is 5.69 Å². The van der Waals surface area contributed by atoms with E-state index in [9.17, 15) is 0 Å². The minimum absolute atomic E-state index is 0.0258. The predicted octanol–water partition coefficient (Wildman–Crippen LogP) is -0.985. The number of hydrogen-bond donors (Lipinski definition) is 2. The lowest BCUT2D eigenvalue weighted by Gasteiger charge is -2.00. The molecule has 3 aromatic heterocycles. The smallest absolute Gasteiger partial charge is 0.163 e. The van der Waals surface area contributed by atoms with Gasteiger partial charge in [-0.2, -0.15) is 5.10 Å². The molecule has 0 amide bonds. The Balaban J connectivity index is 1.75. The van der Waals surface area contributed by atoms with Gasteiger partial charge >= 0.3 is 0 Å². The third kappa shape index (κ3) is 2.80. The lowest BCUT2D eigenvalue weighted by atomic mass is 10.4. The van der Waals surface area contributed by atoms with Crippen LogP contribution in [0.3, 0.4) is 0 Å². The summed E-state index contributed by atoms with van der Waals surface area (Å²) in [5.74, 6) is 0.396. The van der Waals surface area contributed by atoms with Crippen LogP contribution in [0.25, 0.3) is 11.0 Å². The average molecular weight is 290 g/mol. The zero-order valence-electron chi connectivity index (χ0n) is 11.1. The number of nitrogens with zero attached hydrogens (tertiary/aromatic N) is 7. The van der Waals surface area contributed by atoms with Gasteiger partial charge in [0.05, 0.1) is 37.5 Å². The second kappa shape index (κ2) is 5.81. The first kappa shape index (κ1) is 13.4. The quantitative estimate of drug-likeness (QED) is 0.554. The van der Waals surface area contributed by atoms with E-state index in [4.69, 9.17) is 15.6 Å². The van der Waals surface area contributed by atoms with Crippen molar-refractivity contribution in [3.05, 3.63) is 24.4 Å². The molecular formula is C11H14N8O2. The normalized spacial score (nSPS) is 11.3. The molecule has 3 heterocycles. The van der Waals surface area contributed by atoms with Crippen molar-refractivity contribution in [2.45, 2.75) is 13.3 Å². The number of fused-ring (bicyclic) bond motifs is 1. The fourth-order valence-corrected chi connectivity index (χ4v) is 1.88. The van der Waals surface area contributed by atoms with Crippen LogP contribution in [0, 0.1) is 0 Å². The Labute approximate surface area is 119 Å². The molecule has 0 atom stereocenters. The number of nitrogen functional groups attached to an aromatic ring is 1. The maximum atomic E-state index is 8.64. The van der Waals surface area contributed by atoms with Crippen molar-refractivity contribution < 1.29 is 9.84 Å². The minimum atomic E-state index is -0.0258. The average Bonchev–Trinajstić information content (AvgIpc) is 3.09. The van der Waals surface area contributed by atoms with E-state index >= 15 is 0 Å². The molecule has 3 N–H and O–H groups in total. The standard InChI is InChI=1S/C11H14N8O2/c12-10-9-3-15-19(11(9)14-6-13-10)5-8-4-18(17-16-8)7-21-2-1-20/h3-4,6,20H,1-2,5,7H2,(H2,12,13,14). The second-order valence-corrected chi connectivity index (χ2v) is 4.31. The first-order valence-electron chi connectivity index (χ1n) is 6.27. The summed E-state index contributed by atoms with van der Waals surface area (Å²) < 4.78 is 8.37. The fraction of sp³-hybridized carbons (Fsp3) is 0.364. The number of nitrogens with two attached hydrogens (primary N) is 1. The Kier molecular flexibility index (Phi) is 3.71. The summed E-state index contributed by atoms with van der Waals surface area (Å²) in [6.45, 7) is 0.889. The summed E-state index contributed by atoms with van der Waals surface area (Å²) >= 11 is 0. The molecule has 0 spiro atoms. The van der Waals surface area contributed by atoms with Gasteiger partial charge in [-0.3, -0.25) is 0 Å². The Morgan fingerprint density at radius 3 is 3.10 bits per heavy atom. The number of ether oxygens (including phenoxy) is 1. The second-order valence-electron chi connectivity index (χ2n) is 4.31. The molecule has 0 aliphatic rings. The molecule has 0 aromatic carbocycles. The van der Waals surface area contributed by atoms with Gasteiger partial charge < -0.3 is 15.6 Å². The van der Waals surface area contributed by atoms with Crippen molar-refractivity contribution in [1.82, 2.24) is 34.7 Å². The van der Waals surface area contributed by atoms with Crippen LogP contribution in [-0.2, 0) is 18.0 Å². The number of aromatic nitrogens is 7. The van der Waals surface area contributed by atoms with E-state index in [0.717, 1.165) is 0 Å². The van der Waals surface area contributed by atoms with Crippen LogP contribution in [0.15, 0.2) is 18.7 Å². The molecule has 3 rings (SSSR count). The molecule has 0 aliphatic heterocycles. The highest BCUT2D eigenvalue weighted by molar-refractivity contribution is 5.84. The highest BCUT2D eigenvalue weighted by Gasteiger charge is 2.09. The zero-order valence-corrected chi connectivity index (χ0v) is 11.1. The molecular weight excluding hydrogens is 276 g/mol. The predicted molar refractivity (Wildman–Crippen MR) is 71.9 cm³/mol. The van der Waals surface area contributed by atoms with Gasteiger partial charge in [0.1, 0.15) is 24.6 Å². The van der Waals surface area contributed by atoms with Gasteiger partial charge in [0.15, 0.2) is 5.65 Å². The first-order chi connectivity index (χ1) is 10.3. The molecule has 10 nitrogen and oxygen atoms in total.